The first-order chi connectivity index (χ1) is 15.7. The van der Waals surface area contributed by atoms with Crippen LogP contribution >= 0.6 is 11.8 Å². The number of rotatable bonds is 4. The molecule has 0 saturated carbocycles. The Bertz CT molecular complexity index is 1240. The fourth-order valence-electron chi connectivity index (χ4n) is 5.12. The lowest BCUT2D eigenvalue weighted by molar-refractivity contribution is -0.133. The second-order valence-corrected chi connectivity index (χ2v) is 9.84. The molecule has 3 aliphatic rings. The monoisotopic (exact) mass is 450 g/mol. The number of aryl methyl sites for hydroxylation is 1. The van der Waals surface area contributed by atoms with Crippen molar-refractivity contribution >= 4 is 23.3 Å². The summed E-state index contributed by atoms with van der Waals surface area (Å²) >= 11 is 1.61. The van der Waals surface area contributed by atoms with Gasteiger partial charge in [0, 0.05) is 56.7 Å². The summed E-state index contributed by atoms with van der Waals surface area (Å²) < 4.78 is 3.92. The van der Waals surface area contributed by atoms with Crippen molar-refractivity contribution in [3.63, 3.8) is 0 Å². The van der Waals surface area contributed by atoms with Gasteiger partial charge in [-0.25, -0.2) is 9.97 Å². The van der Waals surface area contributed by atoms with Crippen LogP contribution in [-0.2, 0) is 24.2 Å². The van der Waals surface area contributed by atoms with Gasteiger partial charge in [-0.2, -0.15) is 0 Å². The van der Waals surface area contributed by atoms with Gasteiger partial charge in [0.2, 0.25) is 5.91 Å². The van der Waals surface area contributed by atoms with Gasteiger partial charge in [-0.05, 0) is 31.4 Å². The Labute approximate surface area is 190 Å². The third-order valence-corrected chi connectivity index (χ3v) is 7.98. The van der Waals surface area contributed by atoms with Gasteiger partial charge in [0.25, 0.3) is 5.56 Å². The summed E-state index contributed by atoms with van der Waals surface area (Å²) in [6.45, 7) is 3.96. The van der Waals surface area contributed by atoms with E-state index >= 15 is 0 Å². The van der Waals surface area contributed by atoms with Gasteiger partial charge in [0.15, 0.2) is 5.16 Å². The zero-order valence-corrected chi connectivity index (χ0v) is 18.8. The number of thioether (sulfide) groups is 1. The summed E-state index contributed by atoms with van der Waals surface area (Å²) in [4.78, 5) is 39.6. The van der Waals surface area contributed by atoms with E-state index in [4.69, 9.17) is 4.98 Å². The van der Waals surface area contributed by atoms with Crippen LogP contribution in [0, 0.1) is 0 Å². The number of imidazole rings is 1. The zero-order chi connectivity index (χ0) is 21.7. The summed E-state index contributed by atoms with van der Waals surface area (Å²) in [7, 11) is 0. The molecule has 0 N–H and O–H groups in total. The van der Waals surface area contributed by atoms with Crippen molar-refractivity contribution in [2.24, 2.45) is 0 Å². The predicted octanol–water partition coefficient (Wildman–Crippen LogP) is 1.76. The molecule has 1 unspecified atom stereocenters. The van der Waals surface area contributed by atoms with Crippen molar-refractivity contribution in [1.82, 2.24) is 28.7 Å². The van der Waals surface area contributed by atoms with Crippen molar-refractivity contribution < 1.29 is 4.79 Å². The number of hydrogen-bond donors (Lipinski definition) is 0. The van der Waals surface area contributed by atoms with E-state index < -0.39 is 0 Å². The molecular weight excluding hydrogens is 424 g/mol. The van der Waals surface area contributed by atoms with Gasteiger partial charge < -0.3 is 9.30 Å². The Morgan fingerprint density at radius 1 is 1.16 bits per heavy atom. The maximum Gasteiger partial charge on any atom is 0.257 e. The maximum absolute atomic E-state index is 13.1. The molecule has 1 saturated heterocycles. The second kappa shape index (κ2) is 8.04. The van der Waals surface area contributed by atoms with Gasteiger partial charge >= 0.3 is 0 Å². The minimum absolute atomic E-state index is 0.0791. The third kappa shape index (κ3) is 3.44. The summed E-state index contributed by atoms with van der Waals surface area (Å²) in [6, 6.07) is 5.94. The summed E-state index contributed by atoms with van der Waals surface area (Å²) in [5.74, 6) is 0.899. The summed E-state index contributed by atoms with van der Waals surface area (Å²) in [5.41, 5.74) is 4.06. The third-order valence-electron chi connectivity index (χ3n) is 6.89. The molecular formula is C23H26N6O2S. The van der Waals surface area contributed by atoms with Crippen LogP contribution in [0.5, 0.6) is 0 Å². The number of fused-ring (bicyclic) bond motifs is 3. The number of amides is 1. The van der Waals surface area contributed by atoms with E-state index in [1.165, 1.54) is 5.69 Å². The molecule has 1 fully saturated rings. The van der Waals surface area contributed by atoms with Crippen molar-refractivity contribution in [3.05, 3.63) is 57.9 Å². The Balaban J connectivity index is 1.09. The highest BCUT2D eigenvalue weighted by atomic mass is 32.2. The van der Waals surface area contributed by atoms with Crippen LogP contribution in [0.1, 0.15) is 35.8 Å². The number of carbonyl (C=O) groups is 1. The Kier molecular flexibility index (Phi) is 5.02. The van der Waals surface area contributed by atoms with Crippen LogP contribution in [0.4, 0.5) is 0 Å². The number of piperazine rings is 1. The van der Waals surface area contributed by atoms with Crippen LogP contribution in [0.25, 0.3) is 5.65 Å². The molecule has 32 heavy (non-hydrogen) atoms. The number of pyridine rings is 1. The number of nitrogens with zero attached hydrogens (tertiary/aromatic N) is 6. The molecule has 6 rings (SSSR count). The first kappa shape index (κ1) is 20.0. The van der Waals surface area contributed by atoms with Gasteiger partial charge in [0.05, 0.1) is 23.6 Å². The molecule has 0 aromatic carbocycles. The molecule has 166 valence electrons. The van der Waals surface area contributed by atoms with Crippen LogP contribution in [0.3, 0.4) is 0 Å². The fraction of sp³-hybridized carbons (Fsp3) is 0.478. The minimum atomic E-state index is -0.0791. The highest BCUT2D eigenvalue weighted by Gasteiger charge is 2.32. The smallest absolute Gasteiger partial charge is 0.257 e. The molecule has 8 nitrogen and oxygen atoms in total. The molecule has 1 atom stereocenters. The fourth-order valence-corrected chi connectivity index (χ4v) is 6.27. The Morgan fingerprint density at radius 2 is 2.03 bits per heavy atom. The topological polar surface area (TPSA) is 75.7 Å². The first-order valence-corrected chi connectivity index (χ1v) is 12.3. The molecule has 0 bridgehead atoms. The lowest BCUT2D eigenvalue weighted by Crippen LogP contribution is -2.48. The summed E-state index contributed by atoms with van der Waals surface area (Å²) in [5, 5.41) is 0.798. The van der Waals surface area contributed by atoms with Crippen LogP contribution < -0.4 is 5.56 Å². The van der Waals surface area contributed by atoms with Crippen molar-refractivity contribution in [3.8, 4) is 0 Å². The lowest BCUT2D eigenvalue weighted by atomic mass is 10.1. The van der Waals surface area contributed by atoms with Gasteiger partial charge in [-0.3, -0.25) is 19.1 Å². The van der Waals surface area contributed by atoms with Crippen LogP contribution in [-0.4, -0.2) is 66.6 Å². The van der Waals surface area contributed by atoms with E-state index in [1.54, 1.807) is 16.3 Å². The Hall–Kier alpha value is -2.65. The molecule has 5 heterocycles. The minimum Gasteiger partial charge on any atom is -0.340 e. The number of aromatic nitrogens is 4. The number of hydrogen-bond acceptors (Lipinski definition) is 6. The standard InChI is InChI=1S/C23H26N6O2S/c30-21(12-16-15-32-23-25-19-5-3-4-18(19)22(31)29(16)23)27-10-8-26(9-11-27)14-17-13-24-20-6-1-2-7-28(17)20/h1-2,6-7,13,16H,3-5,8-12,14-15H2. The van der Waals surface area contributed by atoms with Crippen LogP contribution in [0.15, 0.2) is 40.5 Å². The van der Waals surface area contributed by atoms with Crippen LogP contribution in [0.2, 0.25) is 0 Å². The molecule has 1 aliphatic carbocycles. The number of carbonyl (C=O) groups excluding carboxylic acids is 1. The molecule has 0 radical (unpaired) electrons. The van der Waals surface area contributed by atoms with E-state index in [-0.39, 0.29) is 17.5 Å². The van der Waals surface area contributed by atoms with Crippen molar-refractivity contribution in [2.75, 3.05) is 31.9 Å². The highest BCUT2D eigenvalue weighted by molar-refractivity contribution is 7.99. The molecule has 9 heteroatoms. The molecule has 1 amide bonds. The maximum atomic E-state index is 13.1. The van der Waals surface area contributed by atoms with Gasteiger partial charge in [-0.15, -0.1) is 0 Å². The van der Waals surface area contributed by atoms with E-state index in [1.807, 2.05) is 35.5 Å². The predicted molar refractivity (Wildman–Crippen MR) is 122 cm³/mol. The van der Waals surface area contributed by atoms with E-state index in [0.717, 1.165) is 79.8 Å². The molecule has 3 aromatic heterocycles. The average Bonchev–Trinajstić information content (AvgIpc) is 3.54. The normalized spacial score (nSPS) is 20.6. The first-order valence-electron chi connectivity index (χ1n) is 11.4. The quantitative estimate of drug-likeness (QED) is 0.564. The Morgan fingerprint density at radius 3 is 2.91 bits per heavy atom. The van der Waals surface area contributed by atoms with Crippen molar-refractivity contribution in [1.29, 1.82) is 0 Å². The SMILES string of the molecule is O=C(CC1CSc2nc3c(c(=O)n21)CCC3)N1CCN(Cc2cnc3ccccn23)CC1. The van der Waals surface area contributed by atoms with E-state index in [0.29, 0.717) is 6.42 Å². The molecule has 2 aliphatic heterocycles. The molecule has 3 aromatic rings. The average molecular weight is 451 g/mol. The van der Waals surface area contributed by atoms with E-state index in [2.05, 4.69) is 14.3 Å². The molecule has 0 spiro atoms. The lowest BCUT2D eigenvalue weighted by Gasteiger charge is -2.35. The van der Waals surface area contributed by atoms with Gasteiger partial charge in [0.1, 0.15) is 5.65 Å². The van der Waals surface area contributed by atoms with Crippen molar-refractivity contribution in [2.45, 2.75) is 43.4 Å². The summed E-state index contributed by atoms with van der Waals surface area (Å²) in [6.07, 6.45) is 7.09. The largest absolute Gasteiger partial charge is 0.340 e. The van der Waals surface area contributed by atoms with E-state index in [9.17, 15) is 9.59 Å². The highest BCUT2D eigenvalue weighted by Crippen LogP contribution is 2.34. The second-order valence-electron chi connectivity index (χ2n) is 8.85. The zero-order valence-electron chi connectivity index (χ0n) is 17.9. The van der Waals surface area contributed by atoms with Gasteiger partial charge in [-0.1, -0.05) is 17.8 Å².